The molecule has 0 aromatic carbocycles. The van der Waals surface area contributed by atoms with E-state index in [0.29, 0.717) is 11.3 Å². The van der Waals surface area contributed by atoms with E-state index in [1.165, 1.54) is 12.0 Å². The van der Waals surface area contributed by atoms with Crippen LogP contribution in [0.25, 0.3) is 11.0 Å². The third-order valence-corrected chi connectivity index (χ3v) is 5.21. The Hall–Kier alpha value is -2.70. The van der Waals surface area contributed by atoms with Crippen LogP contribution in [0.2, 0.25) is 0 Å². The van der Waals surface area contributed by atoms with E-state index >= 15 is 0 Å². The third-order valence-electron chi connectivity index (χ3n) is 5.21. The molecule has 0 radical (unpaired) electrons. The number of hydrogen-bond donors (Lipinski definition) is 2. The lowest BCUT2D eigenvalue weighted by Gasteiger charge is -2.51. The molecule has 4 heterocycles. The van der Waals surface area contributed by atoms with Crippen LogP contribution < -0.4 is 0 Å². The van der Waals surface area contributed by atoms with Gasteiger partial charge in [0.1, 0.15) is 17.7 Å². The molecule has 3 aromatic rings. The zero-order valence-corrected chi connectivity index (χ0v) is 12.5. The first-order valence-corrected chi connectivity index (χ1v) is 7.91. The van der Waals surface area contributed by atoms with Crippen LogP contribution in [0.4, 0.5) is 0 Å². The molecule has 0 atom stereocenters. The first-order valence-electron chi connectivity index (χ1n) is 7.91. The highest BCUT2D eigenvalue weighted by Gasteiger charge is 2.51. The van der Waals surface area contributed by atoms with Crippen molar-refractivity contribution in [1.82, 2.24) is 29.8 Å². The summed E-state index contributed by atoms with van der Waals surface area (Å²) in [6.45, 7) is 0.717. The lowest BCUT2D eigenvalue weighted by molar-refractivity contribution is 0.00416. The lowest BCUT2D eigenvalue weighted by atomic mass is 9.70. The van der Waals surface area contributed by atoms with Crippen molar-refractivity contribution in [2.24, 2.45) is 0 Å². The molecule has 5 rings (SSSR count). The SMILES string of the molecule is O=C(c1cc2cncnc2[nH]1)N1CCc2[nH]cnc2C12CCC2. The van der Waals surface area contributed by atoms with E-state index in [0.717, 1.165) is 43.3 Å². The number of hydrogen-bond acceptors (Lipinski definition) is 4. The number of nitrogens with zero attached hydrogens (tertiary/aromatic N) is 4. The highest BCUT2D eigenvalue weighted by Crippen LogP contribution is 2.49. The molecule has 7 heteroatoms. The Balaban J connectivity index is 1.57. The van der Waals surface area contributed by atoms with Gasteiger partial charge in [-0.3, -0.25) is 4.79 Å². The third kappa shape index (κ3) is 1.64. The predicted molar refractivity (Wildman–Crippen MR) is 82.7 cm³/mol. The van der Waals surface area contributed by atoms with Gasteiger partial charge in [0, 0.05) is 30.2 Å². The number of carbonyl (C=O) groups is 1. The van der Waals surface area contributed by atoms with Crippen LogP contribution in [0.3, 0.4) is 0 Å². The molecule has 1 amide bonds. The zero-order chi connectivity index (χ0) is 15.4. The van der Waals surface area contributed by atoms with E-state index in [9.17, 15) is 4.79 Å². The molecular weight excluding hydrogens is 292 g/mol. The van der Waals surface area contributed by atoms with Crippen LogP contribution in [-0.4, -0.2) is 42.3 Å². The van der Waals surface area contributed by atoms with Crippen LogP contribution in [-0.2, 0) is 12.0 Å². The molecule has 2 N–H and O–H groups in total. The number of nitrogens with one attached hydrogen (secondary N) is 2. The summed E-state index contributed by atoms with van der Waals surface area (Å²) < 4.78 is 0. The minimum atomic E-state index is -0.229. The largest absolute Gasteiger partial charge is 0.348 e. The van der Waals surface area contributed by atoms with E-state index in [1.807, 2.05) is 11.0 Å². The second-order valence-electron chi connectivity index (χ2n) is 6.33. The average molecular weight is 308 g/mol. The molecule has 3 aromatic heterocycles. The van der Waals surface area contributed by atoms with Gasteiger partial charge in [-0.25, -0.2) is 15.0 Å². The summed E-state index contributed by atoms with van der Waals surface area (Å²) in [4.78, 5) is 34.2. The quantitative estimate of drug-likeness (QED) is 0.716. The smallest absolute Gasteiger partial charge is 0.271 e. The number of carbonyl (C=O) groups excluding carboxylic acids is 1. The van der Waals surface area contributed by atoms with Crippen molar-refractivity contribution in [2.75, 3.05) is 6.54 Å². The van der Waals surface area contributed by atoms with Gasteiger partial charge in [-0.2, -0.15) is 0 Å². The number of aromatic nitrogens is 5. The van der Waals surface area contributed by atoms with Gasteiger partial charge < -0.3 is 14.9 Å². The van der Waals surface area contributed by atoms with Crippen molar-refractivity contribution in [1.29, 1.82) is 0 Å². The Bertz CT molecular complexity index is 873. The molecule has 1 spiro atoms. The summed E-state index contributed by atoms with van der Waals surface area (Å²) in [6, 6.07) is 1.84. The maximum Gasteiger partial charge on any atom is 0.271 e. The van der Waals surface area contributed by atoms with Gasteiger partial charge in [-0.1, -0.05) is 0 Å². The number of rotatable bonds is 1. The Labute approximate surface area is 132 Å². The van der Waals surface area contributed by atoms with Crippen molar-refractivity contribution < 1.29 is 4.79 Å². The number of fused-ring (bicyclic) bond motifs is 3. The molecular formula is C16H16N6O. The molecule has 23 heavy (non-hydrogen) atoms. The van der Waals surface area contributed by atoms with Crippen molar-refractivity contribution in [3.63, 3.8) is 0 Å². The van der Waals surface area contributed by atoms with Crippen LogP contribution in [0, 0.1) is 0 Å². The summed E-state index contributed by atoms with van der Waals surface area (Å²) in [5.41, 5.74) is 3.28. The molecule has 0 unspecified atom stereocenters. The fourth-order valence-corrected chi connectivity index (χ4v) is 3.92. The molecule has 7 nitrogen and oxygen atoms in total. The van der Waals surface area contributed by atoms with E-state index in [2.05, 4.69) is 24.9 Å². The maximum atomic E-state index is 13.1. The summed E-state index contributed by atoms with van der Waals surface area (Å²) in [7, 11) is 0. The van der Waals surface area contributed by atoms with E-state index in [4.69, 9.17) is 0 Å². The second kappa shape index (κ2) is 4.41. The van der Waals surface area contributed by atoms with E-state index < -0.39 is 0 Å². The van der Waals surface area contributed by atoms with Gasteiger partial charge in [0.05, 0.1) is 17.6 Å². The van der Waals surface area contributed by atoms with Gasteiger partial charge in [-0.05, 0) is 25.3 Å². The van der Waals surface area contributed by atoms with Crippen LogP contribution >= 0.6 is 0 Å². The minimum absolute atomic E-state index is 0.0244. The average Bonchev–Trinajstić information content (AvgIpc) is 3.17. The Morgan fingerprint density at radius 2 is 2.22 bits per heavy atom. The first kappa shape index (κ1) is 12.8. The molecule has 1 aliphatic carbocycles. The van der Waals surface area contributed by atoms with Gasteiger partial charge in [0.25, 0.3) is 5.91 Å². The minimum Gasteiger partial charge on any atom is -0.348 e. The summed E-state index contributed by atoms with van der Waals surface area (Å²) in [5, 5.41) is 0.857. The molecule has 1 fully saturated rings. The molecule has 1 aliphatic heterocycles. The number of amides is 1. The van der Waals surface area contributed by atoms with Crippen LogP contribution in [0.15, 0.2) is 24.9 Å². The lowest BCUT2D eigenvalue weighted by Crippen LogP contribution is -2.57. The number of imidazole rings is 1. The normalized spacial score (nSPS) is 18.9. The Kier molecular flexibility index (Phi) is 2.45. The van der Waals surface area contributed by atoms with E-state index in [1.54, 1.807) is 12.5 Å². The van der Waals surface area contributed by atoms with Crippen LogP contribution in [0.1, 0.15) is 41.1 Å². The summed E-state index contributed by atoms with van der Waals surface area (Å²) in [6.07, 6.45) is 8.87. The second-order valence-corrected chi connectivity index (χ2v) is 6.33. The van der Waals surface area contributed by atoms with Gasteiger partial charge in [-0.15, -0.1) is 0 Å². The molecule has 2 aliphatic rings. The van der Waals surface area contributed by atoms with Crippen LogP contribution in [0.5, 0.6) is 0 Å². The van der Waals surface area contributed by atoms with Crippen molar-refractivity contribution >= 4 is 16.9 Å². The standard InChI is InChI=1S/C16H16N6O/c23-15(12-6-10-7-17-8-20-14(10)21-12)22-5-2-11-13(19-9-18-11)16(22)3-1-4-16/h6-9H,1-5H2,(H,18,19)(H,17,20,21). The Morgan fingerprint density at radius 1 is 1.30 bits per heavy atom. The van der Waals surface area contributed by atoms with Gasteiger partial charge >= 0.3 is 0 Å². The number of H-pyrrole nitrogens is 2. The molecule has 1 saturated carbocycles. The first-order chi connectivity index (χ1) is 11.3. The molecule has 116 valence electrons. The summed E-state index contributed by atoms with van der Waals surface area (Å²) in [5.74, 6) is 0.0244. The predicted octanol–water partition coefficient (Wildman–Crippen LogP) is 1.76. The fraction of sp³-hybridized carbons (Fsp3) is 0.375. The van der Waals surface area contributed by atoms with Gasteiger partial charge in [0.15, 0.2) is 0 Å². The molecule has 0 saturated heterocycles. The van der Waals surface area contributed by atoms with E-state index in [-0.39, 0.29) is 11.4 Å². The Morgan fingerprint density at radius 3 is 3.00 bits per heavy atom. The molecule has 0 bridgehead atoms. The fourth-order valence-electron chi connectivity index (χ4n) is 3.92. The topological polar surface area (TPSA) is 90.6 Å². The summed E-state index contributed by atoms with van der Waals surface area (Å²) >= 11 is 0. The van der Waals surface area contributed by atoms with Gasteiger partial charge in [0.2, 0.25) is 0 Å². The maximum absolute atomic E-state index is 13.1. The highest BCUT2D eigenvalue weighted by atomic mass is 16.2. The number of aromatic amines is 2. The zero-order valence-electron chi connectivity index (χ0n) is 12.5. The van der Waals surface area contributed by atoms with Crippen molar-refractivity contribution in [2.45, 2.75) is 31.2 Å². The monoisotopic (exact) mass is 308 g/mol. The highest BCUT2D eigenvalue weighted by molar-refractivity contribution is 5.97. The van der Waals surface area contributed by atoms with Crippen molar-refractivity contribution in [3.8, 4) is 0 Å². The van der Waals surface area contributed by atoms with Crippen molar-refractivity contribution in [3.05, 3.63) is 42.0 Å².